The highest BCUT2D eigenvalue weighted by atomic mass is 16.2. The van der Waals surface area contributed by atoms with E-state index in [4.69, 9.17) is 5.10 Å². The maximum absolute atomic E-state index is 13.3. The van der Waals surface area contributed by atoms with Crippen LogP contribution in [-0.2, 0) is 19.4 Å². The molecule has 0 aromatic carbocycles. The lowest BCUT2D eigenvalue weighted by atomic mass is 9.90. The van der Waals surface area contributed by atoms with Crippen LogP contribution in [0.3, 0.4) is 0 Å². The molecule has 1 aliphatic carbocycles. The molecule has 1 aromatic rings. The Morgan fingerprint density at radius 3 is 2.70 bits per heavy atom. The first kappa shape index (κ1) is 20.1. The molecule has 0 saturated carbocycles. The second-order valence-corrected chi connectivity index (χ2v) is 8.53. The Hall–Kier alpha value is -1.62. The van der Waals surface area contributed by atoms with E-state index in [1.807, 2.05) is 15.7 Å². The van der Waals surface area contributed by atoms with Crippen LogP contribution in [-0.4, -0.2) is 46.3 Å². The van der Waals surface area contributed by atoms with E-state index in [2.05, 4.69) is 25.7 Å². The summed E-state index contributed by atoms with van der Waals surface area (Å²) < 4.78 is 2.01. The number of carbonyl (C=O) groups is 1. The number of nitrogens with one attached hydrogen (secondary N) is 1. The summed E-state index contributed by atoms with van der Waals surface area (Å²) >= 11 is 0. The average Bonchev–Trinajstić information content (AvgIpc) is 2.83. The largest absolute Gasteiger partial charge is 0.337 e. The summed E-state index contributed by atoms with van der Waals surface area (Å²) in [7, 11) is 0. The van der Waals surface area contributed by atoms with Gasteiger partial charge in [-0.1, -0.05) is 32.8 Å². The van der Waals surface area contributed by atoms with Gasteiger partial charge in [0.1, 0.15) is 0 Å². The van der Waals surface area contributed by atoms with Gasteiger partial charge in [-0.2, -0.15) is 5.10 Å². The zero-order valence-electron chi connectivity index (χ0n) is 17.2. The smallest absolute Gasteiger partial charge is 0.274 e. The zero-order chi connectivity index (χ0) is 19.2. The van der Waals surface area contributed by atoms with E-state index in [1.165, 1.54) is 30.5 Å². The number of fused-ring (bicyclic) bond motifs is 1. The van der Waals surface area contributed by atoms with Crippen molar-refractivity contribution in [1.82, 2.24) is 20.0 Å². The van der Waals surface area contributed by atoms with Gasteiger partial charge in [-0.3, -0.25) is 9.48 Å². The molecule has 5 nitrogen and oxygen atoms in total. The minimum absolute atomic E-state index is 0.138. The number of aromatic nitrogens is 2. The van der Waals surface area contributed by atoms with Gasteiger partial charge in [0.05, 0.1) is 6.54 Å². The number of carbonyl (C=O) groups excluding carboxylic acids is 1. The van der Waals surface area contributed by atoms with Crippen LogP contribution in [0.15, 0.2) is 12.7 Å². The second kappa shape index (κ2) is 9.54. The van der Waals surface area contributed by atoms with Crippen molar-refractivity contribution in [1.29, 1.82) is 0 Å². The number of rotatable bonds is 7. The molecule has 1 aliphatic heterocycles. The molecule has 1 unspecified atom stereocenters. The molecule has 3 rings (SSSR count). The van der Waals surface area contributed by atoms with E-state index < -0.39 is 0 Å². The first-order valence-corrected chi connectivity index (χ1v) is 10.8. The molecule has 150 valence electrons. The maximum atomic E-state index is 13.3. The Labute approximate surface area is 164 Å². The number of hydrogen-bond acceptors (Lipinski definition) is 3. The lowest BCUT2D eigenvalue weighted by molar-refractivity contribution is 0.0753. The monoisotopic (exact) mass is 372 g/mol. The topological polar surface area (TPSA) is 50.2 Å². The Bertz CT molecular complexity index is 641. The molecule has 2 aliphatic rings. The quantitative estimate of drug-likeness (QED) is 0.744. The summed E-state index contributed by atoms with van der Waals surface area (Å²) in [6, 6.07) is 0.452. The van der Waals surface area contributed by atoms with Gasteiger partial charge < -0.3 is 10.2 Å². The summed E-state index contributed by atoms with van der Waals surface area (Å²) in [5, 5.41) is 8.47. The average molecular weight is 373 g/mol. The maximum Gasteiger partial charge on any atom is 0.274 e. The molecule has 0 radical (unpaired) electrons. The van der Waals surface area contributed by atoms with Crippen LogP contribution in [0.2, 0.25) is 0 Å². The second-order valence-electron chi connectivity index (χ2n) is 8.53. The fourth-order valence-electron chi connectivity index (χ4n) is 4.31. The van der Waals surface area contributed by atoms with Crippen LogP contribution in [0.25, 0.3) is 0 Å². The summed E-state index contributed by atoms with van der Waals surface area (Å²) in [5.74, 6) is 0.853. The molecule has 27 heavy (non-hydrogen) atoms. The lowest BCUT2D eigenvalue weighted by Crippen LogP contribution is -2.37. The van der Waals surface area contributed by atoms with Crippen LogP contribution in [0, 0.1) is 5.92 Å². The highest BCUT2D eigenvalue weighted by Gasteiger charge is 2.31. The predicted octanol–water partition coefficient (Wildman–Crippen LogP) is 3.58. The predicted molar refractivity (Wildman–Crippen MR) is 110 cm³/mol. The normalized spacial score (nSPS) is 20.4. The molecular formula is C22H36N4O. The molecule has 1 N–H and O–H groups in total. The highest BCUT2D eigenvalue weighted by Crippen LogP contribution is 2.27. The van der Waals surface area contributed by atoms with Gasteiger partial charge in [-0.15, -0.1) is 6.58 Å². The third-order valence-electron chi connectivity index (χ3n) is 5.90. The number of allylic oxidation sites excluding steroid dienone is 1. The molecule has 1 fully saturated rings. The molecule has 1 aromatic heterocycles. The van der Waals surface area contributed by atoms with Crippen LogP contribution in [0.5, 0.6) is 0 Å². The third-order valence-corrected chi connectivity index (χ3v) is 5.90. The zero-order valence-corrected chi connectivity index (χ0v) is 17.2. The van der Waals surface area contributed by atoms with Crippen molar-refractivity contribution in [3.8, 4) is 0 Å². The van der Waals surface area contributed by atoms with Gasteiger partial charge in [-0.25, -0.2) is 0 Å². The molecule has 0 bridgehead atoms. The molecular weight excluding hydrogens is 336 g/mol. The van der Waals surface area contributed by atoms with Gasteiger partial charge in [0.2, 0.25) is 0 Å². The van der Waals surface area contributed by atoms with Crippen molar-refractivity contribution in [2.75, 3.05) is 19.6 Å². The van der Waals surface area contributed by atoms with Crippen LogP contribution in [0.4, 0.5) is 0 Å². The van der Waals surface area contributed by atoms with Gasteiger partial charge in [0.25, 0.3) is 5.91 Å². The van der Waals surface area contributed by atoms with Crippen LogP contribution < -0.4 is 5.32 Å². The summed E-state index contributed by atoms with van der Waals surface area (Å²) in [4.78, 5) is 15.3. The first-order valence-electron chi connectivity index (χ1n) is 10.8. The minimum Gasteiger partial charge on any atom is -0.337 e. The Morgan fingerprint density at radius 1 is 1.30 bits per heavy atom. The summed E-state index contributed by atoms with van der Waals surface area (Å²) in [5.41, 5.74) is 3.12. The van der Waals surface area contributed by atoms with Crippen molar-refractivity contribution in [2.45, 2.75) is 77.8 Å². The summed E-state index contributed by atoms with van der Waals surface area (Å²) in [6.45, 7) is 11.9. The molecule has 2 heterocycles. The fourth-order valence-corrected chi connectivity index (χ4v) is 4.31. The Kier molecular flexibility index (Phi) is 7.11. The standard InChI is InChI=1S/C22H36N4O/c1-4-13-26-20-10-9-18(23-12-11-17(2)3)16-19(20)21(24-26)22(27)25-14-7-5-6-8-15-25/h4,17-18,23H,1,5-16H2,2-3H3. The number of amides is 1. The van der Waals surface area contributed by atoms with Gasteiger partial charge in [-0.05, 0) is 51.0 Å². The fraction of sp³-hybridized carbons (Fsp3) is 0.727. The number of likely N-dealkylation sites (tertiary alicyclic amines) is 1. The van der Waals surface area contributed by atoms with Gasteiger partial charge in [0.15, 0.2) is 5.69 Å². The number of hydrogen-bond donors (Lipinski definition) is 1. The van der Waals surface area contributed by atoms with E-state index in [1.54, 1.807) is 0 Å². The highest BCUT2D eigenvalue weighted by molar-refractivity contribution is 5.94. The molecule has 0 spiro atoms. The minimum atomic E-state index is 0.138. The van der Waals surface area contributed by atoms with E-state index in [-0.39, 0.29) is 5.91 Å². The van der Waals surface area contributed by atoms with Crippen LogP contribution >= 0.6 is 0 Å². The van der Waals surface area contributed by atoms with Crippen molar-refractivity contribution in [2.24, 2.45) is 5.92 Å². The van der Waals surface area contributed by atoms with Crippen molar-refractivity contribution < 1.29 is 4.79 Å². The first-order chi connectivity index (χ1) is 13.1. The Morgan fingerprint density at radius 2 is 2.04 bits per heavy atom. The molecule has 1 saturated heterocycles. The van der Waals surface area contributed by atoms with E-state index >= 15 is 0 Å². The van der Waals surface area contributed by atoms with E-state index in [9.17, 15) is 4.79 Å². The van der Waals surface area contributed by atoms with Crippen LogP contribution in [0.1, 0.15) is 74.1 Å². The Balaban J connectivity index is 1.78. The van der Waals surface area contributed by atoms with Crippen molar-refractivity contribution in [3.05, 3.63) is 29.6 Å². The molecule has 1 amide bonds. The molecule has 5 heteroatoms. The van der Waals surface area contributed by atoms with E-state index in [0.717, 1.165) is 51.7 Å². The SMILES string of the molecule is C=CCn1nc(C(=O)N2CCCCCC2)c2c1CCC(NCCC(C)C)C2. The van der Waals surface area contributed by atoms with Crippen molar-refractivity contribution in [3.63, 3.8) is 0 Å². The molecule has 1 atom stereocenters. The van der Waals surface area contributed by atoms with Gasteiger partial charge in [0, 0.05) is 30.4 Å². The lowest BCUT2D eigenvalue weighted by Gasteiger charge is -2.26. The summed E-state index contributed by atoms with van der Waals surface area (Å²) in [6.07, 6.45) is 10.8. The third kappa shape index (κ3) is 5.01. The van der Waals surface area contributed by atoms with E-state index in [0.29, 0.717) is 24.2 Å². The van der Waals surface area contributed by atoms with Gasteiger partial charge >= 0.3 is 0 Å². The number of nitrogens with zero attached hydrogens (tertiary/aromatic N) is 3. The van der Waals surface area contributed by atoms with Crippen molar-refractivity contribution >= 4 is 5.91 Å².